The maximum absolute atomic E-state index is 5.03. The predicted octanol–water partition coefficient (Wildman–Crippen LogP) is 3.70. The topological polar surface area (TPSA) is 21.3 Å². The van der Waals surface area contributed by atoms with Gasteiger partial charge < -0.3 is 10.1 Å². The van der Waals surface area contributed by atoms with E-state index in [2.05, 4.69) is 36.5 Å². The second-order valence-electron chi connectivity index (χ2n) is 4.33. The lowest BCUT2D eigenvalue weighted by Crippen LogP contribution is -2.18. The molecule has 0 bridgehead atoms. The van der Waals surface area contributed by atoms with E-state index in [1.807, 2.05) is 11.8 Å². The maximum atomic E-state index is 5.03. The van der Waals surface area contributed by atoms with Gasteiger partial charge in [0.25, 0.3) is 0 Å². The summed E-state index contributed by atoms with van der Waals surface area (Å²) in [6.07, 6.45) is 3.94. The molecule has 0 radical (unpaired) electrons. The quantitative estimate of drug-likeness (QED) is 0.516. The minimum atomic E-state index is 0.770. The zero-order valence-corrected chi connectivity index (χ0v) is 12.4. The normalized spacial score (nSPS) is 10.8. The molecule has 0 fully saturated rings. The zero-order valence-electron chi connectivity index (χ0n) is 11.6. The Bertz CT molecular complexity index is 286. The third-order valence-corrected chi connectivity index (χ3v) is 3.98. The number of hydrogen-bond donors (Lipinski definition) is 1. The van der Waals surface area contributed by atoms with Gasteiger partial charge in [0.05, 0.1) is 6.61 Å². The Labute approximate surface area is 116 Å². The molecule has 0 aromatic heterocycles. The van der Waals surface area contributed by atoms with Crippen molar-refractivity contribution >= 4 is 11.8 Å². The number of methoxy groups -OCH3 is 1. The zero-order chi connectivity index (χ0) is 13.1. The summed E-state index contributed by atoms with van der Waals surface area (Å²) in [7, 11) is 1.74. The van der Waals surface area contributed by atoms with Gasteiger partial charge in [-0.1, -0.05) is 38.0 Å². The summed E-state index contributed by atoms with van der Waals surface area (Å²) in [4.78, 5) is 1.42. The molecule has 18 heavy (non-hydrogen) atoms. The smallest absolute Gasteiger partial charge is 0.0587 e. The lowest BCUT2D eigenvalue weighted by Gasteiger charge is -2.10. The molecule has 1 aromatic rings. The Hall–Kier alpha value is -0.510. The molecule has 0 atom stereocenters. The highest BCUT2D eigenvalue weighted by Gasteiger charge is 2.01. The van der Waals surface area contributed by atoms with Crippen molar-refractivity contribution in [2.75, 3.05) is 26.0 Å². The number of nitrogens with one attached hydrogen (secondary N) is 1. The minimum Gasteiger partial charge on any atom is -0.383 e. The summed E-state index contributed by atoms with van der Waals surface area (Å²) in [5.74, 6) is 1.23. The van der Waals surface area contributed by atoms with Gasteiger partial charge in [0.15, 0.2) is 0 Å². The molecule has 1 rings (SSSR count). The predicted molar refractivity (Wildman–Crippen MR) is 80.3 cm³/mol. The Kier molecular flexibility index (Phi) is 9.00. The summed E-state index contributed by atoms with van der Waals surface area (Å²) in [5.41, 5.74) is 1.40. The molecule has 0 unspecified atom stereocenters. The van der Waals surface area contributed by atoms with Gasteiger partial charge in [0.1, 0.15) is 0 Å². The second kappa shape index (κ2) is 10.4. The van der Waals surface area contributed by atoms with E-state index in [4.69, 9.17) is 4.74 Å². The highest BCUT2D eigenvalue weighted by molar-refractivity contribution is 7.99. The van der Waals surface area contributed by atoms with Gasteiger partial charge in [-0.3, -0.25) is 0 Å². The average molecular weight is 267 g/mol. The monoisotopic (exact) mass is 267 g/mol. The van der Waals surface area contributed by atoms with Crippen LogP contribution in [0.3, 0.4) is 0 Å². The van der Waals surface area contributed by atoms with Crippen LogP contribution in [0, 0.1) is 0 Å². The van der Waals surface area contributed by atoms with Crippen LogP contribution in [0.2, 0.25) is 0 Å². The van der Waals surface area contributed by atoms with Crippen molar-refractivity contribution in [3.05, 3.63) is 29.8 Å². The summed E-state index contributed by atoms with van der Waals surface area (Å²) in [6.45, 7) is 4.86. The molecule has 0 aliphatic carbocycles. The van der Waals surface area contributed by atoms with Crippen molar-refractivity contribution in [3.8, 4) is 0 Å². The third-order valence-electron chi connectivity index (χ3n) is 2.78. The molecular formula is C15H25NOS. The first-order valence-corrected chi connectivity index (χ1v) is 7.77. The van der Waals surface area contributed by atoms with Crippen LogP contribution in [-0.2, 0) is 11.3 Å². The van der Waals surface area contributed by atoms with E-state index >= 15 is 0 Å². The van der Waals surface area contributed by atoms with Crippen molar-refractivity contribution in [1.29, 1.82) is 0 Å². The third kappa shape index (κ3) is 6.43. The molecule has 0 amide bonds. The molecule has 0 saturated carbocycles. The second-order valence-corrected chi connectivity index (χ2v) is 5.47. The van der Waals surface area contributed by atoms with E-state index in [-0.39, 0.29) is 0 Å². The lowest BCUT2D eigenvalue weighted by molar-refractivity contribution is 0.199. The Morgan fingerprint density at radius 3 is 2.83 bits per heavy atom. The van der Waals surface area contributed by atoms with Crippen LogP contribution >= 0.6 is 11.8 Å². The summed E-state index contributed by atoms with van der Waals surface area (Å²) >= 11 is 1.98. The van der Waals surface area contributed by atoms with Crippen LogP contribution in [0.25, 0.3) is 0 Å². The Morgan fingerprint density at radius 2 is 2.06 bits per heavy atom. The van der Waals surface area contributed by atoms with Gasteiger partial charge in [0, 0.05) is 25.1 Å². The summed E-state index contributed by atoms with van der Waals surface area (Å²) < 4.78 is 5.03. The van der Waals surface area contributed by atoms with Crippen molar-refractivity contribution in [3.63, 3.8) is 0 Å². The summed E-state index contributed by atoms with van der Waals surface area (Å²) in [6, 6.07) is 8.68. The largest absolute Gasteiger partial charge is 0.383 e. The number of benzene rings is 1. The SMILES string of the molecule is CCCCCSc1ccccc1CNCCOC. The lowest BCUT2D eigenvalue weighted by atomic mass is 10.2. The number of thioether (sulfide) groups is 1. The van der Waals surface area contributed by atoms with Crippen LogP contribution in [-0.4, -0.2) is 26.0 Å². The Morgan fingerprint density at radius 1 is 1.22 bits per heavy atom. The van der Waals surface area contributed by atoms with E-state index in [9.17, 15) is 0 Å². The van der Waals surface area contributed by atoms with Gasteiger partial charge in [-0.05, 0) is 23.8 Å². The number of rotatable bonds is 10. The Balaban J connectivity index is 2.36. The van der Waals surface area contributed by atoms with Crippen LogP contribution in [0.1, 0.15) is 31.7 Å². The van der Waals surface area contributed by atoms with Gasteiger partial charge in [-0.2, -0.15) is 0 Å². The molecule has 0 heterocycles. The molecule has 2 nitrogen and oxygen atoms in total. The number of unbranched alkanes of at least 4 members (excludes halogenated alkanes) is 2. The number of hydrogen-bond acceptors (Lipinski definition) is 3. The maximum Gasteiger partial charge on any atom is 0.0587 e. The number of ether oxygens (including phenoxy) is 1. The molecule has 3 heteroatoms. The van der Waals surface area contributed by atoms with E-state index in [0.717, 1.165) is 19.7 Å². The van der Waals surface area contributed by atoms with E-state index in [1.165, 1.54) is 35.5 Å². The average Bonchev–Trinajstić information content (AvgIpc) is 2.41. The first kappa shape index (κ1) is 15.5. The van der Waals surface area contributed by atoms with Gasteiger partial charge >= 0.3 is 0 Å². The van der Waals surface area contributed by atoms with E-state index in [1.54, 1.807) is 7.11 Å². The molecular weight excluding hydrogens is 242 g/mol. The first-order chi connectivity index (χ1) is 8.88. The van der Waals surface area contributed by atoms with Crippen molar-refractivity contribution in [2.45, 2.75) is 37.6 Å². The molecule has 0 saturated heterocycles. The van der Waals surface area contributed by atoms with Gasteiger partial charge in [-0.25, -0.2) is 0 Å². The molecule has 1 N–H and O–H groups in total. The van der Waals surface area contributed by atoms with E-state index < -0.39 is 0 Å². The van der Waals surface area contributed by atoms with Gasteiger partial charge in [0.2, 0.25) is 0 Å². The van der Waals surface area contributed by atoms with Gasteiger partial charge in [-0.15, -0.1) is 11.8 Å². The highest BCUT2D eigenvalue weighted by Crippen LogP contribution is 2.23. The van der Waals surface area contributed by atoms with Crippen molar-refractivity contribution in [2.24, 2.45) is 0 Å². The van der Waals surface area contributed by atoms with Crippen LogP contribution < -0.4 is 5.32 Å². The standard InChI is InChI=1S/C15H25NOS/c1-3-4-7-12-18-15-9-6-5-8-14(15)13-16-10-11-17-2/h5-6,8-9,16H,3-4,7,10-13H2,1-2H3. The summed E-state index contributed by atoms with van der Waals surface area (Å²) in [5, 5.41) is 3.41. The van der Waals surface area contributed by atoms with Crippen molar-refractivity contribution in [1.82, 2.24) is 5.32 Å². The fraction of sp³-hybridized carbons (Fsp3) is 0.600. The molecule has 0 aliphatic heterocycles. The van der Waals surface area contributed by atoms with Crippen LogP contribution in [0.4, 0.5) is 0 Å². The molecule has 1 aromatic carbocycles. The van der Waals surface area contributed by atoms with E-state index in [0.29, 0.717) is 0 Å². The van der Waals surface area contributed by atoms with Crippen LogP contribution in [0.5, 0.6) is 0 Å². The molecule has 0 spiro atoms. The first-order valence-electron chi connectivity index (χ1n) is 6.78. The fourth-order valence-electron chi connectivity index (χ4n) is 1.72. The minimum absolute atomic E-state index is 0.770. The fourth-order valence-corrected chi connectivity index (χ4v) is 2.79. The molecule has 0 aliphatic rings. The van der Waals surface area contributed by atoms with Crippen molar-refractivity contribution < 1.29 is 4.74 Å². The highest BCUT2D eigenvalue weighted by atomic mass is 32.2. The molecule has 102 valence electrons. The van der Waals surface area contributed by atoms with Crippen LogP contribution in [0.15, 0.2) is 29.2 Å².